The lowest BCUT2D eigenvalue weighted by molar-refractivity contribution is 0.0588. The van der Waals surface area contributed by atoms with E-state index in [1.807, 2.05) is 55.6 Å². The van der Waals surface area contributed by atoms with Gasteiger partial charge in [0.05, 0.1) is 0 Å². The second kappa shape index (κ2) is 11.8. The van der Waals surface area contributed by atoms with Crippen LogP contribution in [-0.2, 0) is 0 Å². The van der Waals surface area contributed by atoms with Gasteiger partial charge in [0, 0.05) is 59.2 Å². The zero-order valence-electron chi connectivity index (χ0n) is 23.8. The molecular weight excluding hydrogens is 528 g/mol. The summed E-state index contributed by atoms with van der Waals surface area (Å²) in [6.45, 7) is 3.51. The Labute approximate surface area is 244 Å². The monoisotopic (exact) mass is 562 g/mol. The highest BCUT2D eigenvalue weighted by molar-refractivity contribution is 6.26. The molecular formula is C34H34N4O4. The summed E-state index contributed by atoms with van der Waals surface area (Å²) < 4.78 is 0. The fourth-order valence-electron chi connectivity index (χ4n) is 6.07. The summed E-state index contributed by atoms with van der Waals surface area (Å²) in [6.07, 6.45) is 2.99. The molecule has 214 valence electrons. The van der Waals surface area contributed by atoms with Crippen LogP contribution in [0.5, 0.6) is 0 Å². The number of nitrogens with one attached hydrogen (secondary N) is 1. The van der Waals surface area contributed by atoms with Gasteiger partial charge in [-0.15, -0.1) is 0 Å². The van der Waals surface area contributed by atoms with Gasteiger partial charge >= 0.3 is 0 Å². The molecule has 4 aromatic rings. The molecule has 0 atom stereocenters. The average Bonchev–Trinajstić information content (AvgIpc) is 3.01. The van der Waals surface area contributed by atoms with E-state index in [1.54, 1.807) is 24.3 Å². The highest BCUT2D eigenvalue weighted by atomic mass is 16.2. The Morgan fingerprint density at radius 3 is 1.48 bits per heavy atom. The fraction of sp³-hybridized carbons (Fsp3) is 0.294. The number of nitrogens with zero attached hydrogens (tertiary/aromatic N) is 3. The maximum atomic E-state index is 13.1. The first-order valence-corrected chi connectivity index (χ1v) is 14.6. The molecule has 1 N–H and O–H groups in total. The number of carbonyl (C=O) groups is 4. The second-order valence-electron chi connectivity index (χ2n) is 11.1. The number of imide groups is 2. The Balaban J connectivity index is 0.899. The molecule has 8 nitrogen and oxygen atoms in total. The lowest BCUT2D eigenvalue weighted by atomic mass is 9.94. The van der Waals surface area contributed by atoms with E-state index < -0.39 is 0 Å². The van der Waals surface area contributed by atoms with Crippen molar-refractivity contribution in [3.8, 4) is 0 Å². The normalized spacial score (nSPS) is 14.6. The first kappa shape index (κ1) is 27.8. The second-order valence-corrected chi connectivity index (χ2v) is 11.1. The number of benzene rings is 4. The van der Waals surface area contributed by atoms with E-state index in [4.69, 9.17) is 0 Å². The summed E-state index contributed by atoms with van der Waals surface area (Å²) >= 11 is 0. The zero-order valence-corrected chi connectivity index (χ0v) is 23.8. The van der Waals surface area contributed by atoms with Crippen LogP contribution in [0.15, 0.2) is 72.8 Å². The van der Waals surface area contributed by atoms with E-state index in [1.165, 1.54) is 9.80 Å². The molecule has 4 aromatic carbocycles. The summed E-state index contributed by atoms with van der Waals surface area (Å²) in [7, 11) is 2.01. The van der Waals surface area contributed by atoms with Crippen LogP contribution in [0.2, 0.25) is 0 Å². The van der Waals surface area contributed by atoms with Crippen LogP contribution in [-0.4, -0.2) is 84.6 Å². The van der Waals surface area contributed by atoms with Gasteiger partial charge in [-0.1, -0.05) is 55.0 Å². The molecule has 6 rings (SSSR count). The third kappa shape index (κ3) is 5.08. The van der Waals surface area contributed by atoms with Crippen LogP contribution >= 0.6 is 0 Å². The van der Waals surface area contributed by atoms with Crippen molar-refractivity contribution in [2.24, 2.45) is 0 Å². The fourth-order valence-corrected chi connectivity index (χ4v) is 6.07. The van der Waals surface area contributed by atoms with E-state index >= 15 is 0 Å². The number of amides is 4. The lowest BCUT2D eigenvalue weighted by Crippen LogP contribution is -2.44. The molecule has 0 aromatic heterocycles. The largest absolute Gasteiger partial charge is 0.315 e. The molecule has 2 heterocycles. The summed E-state index contributed by atoms with van der Waals surface area (Å²) in [6, 6.07) is 22.3. The van der Waals surface area contributed by atoms with E-state index in [9.17, 15) is 19.2 Å². The van der Waals surface area contributed by atoms with Gasteiger partial charge in [0.25, 0.3) is 23.6 Å². The Kier molecular flexibility index (Phi) is 7.82. The van der Waals surface area contributed by atoms with Crippen LogP contribution in [0.1, 0.15) is 60.7 Å². The van der Waals surface area contributed by atoms with Gasteiger partial charge in [-0.05, 0) is 68.0 Å². The van der Waals surface area contributed by atoms with E-state index in [0.29, 0.717) is 48.4 Å². The van der Waals surface area contributed by atoms with Crippen molar-refractivity contribution >= 4 is 45.2 Å². The van der Waals surface area contributed by atoms with E-state index in [0.717, 1.165) is 53.9 Å². The Bertz CT molecular complexity index is 1610. The van der Waals surface area contributed by atoms with E-state index in [2.05, 4.69) is 10.2 Å². The highest BCUT2D eigenvalue weighted by Crippen LogP contribution is 2.31. The van der Waals surface area contributed by atoms with Gasteiger partial charge in [-0.3, -0.25) is 29.0 Å². The molecule has 0 unspecified atom stereocenters. The number of hydrogen-bond acceptors (Lipinski definition) is 6. The third-order valence-electron chi connectivity index (χ3n) is 8.32. The first-order chi connectivity index (χ1) is 20.5. The molecule has 8 heteroatoms. The van der Waals surface area contributed by atoms with Crippen LogP contribution in [0.4, 0.5) is 0 Å². The molecule has 0 aliphatic carbocycles. The molecule has 0 bridgehead atoms. The van der Waals surface area contributed by atoms with Crippen molar-refractivity contribution in [3.05, 3.63) is 95.1 Å². The molecule has 0 fully saturated rings. The van der Waals surface area contributed by atoms with Gasteiger partial charge in [-0.2, -0.15) is 0 Å². The van der Waals surface area contributed by atoms with Crippen molar-refractivity contribution in [1.82, 2.24) is 20.0 Å². The van der Waals surface area contributed by atoms with Gasteiger partial charge < -0.3 is 10.2 Å². The summed E-state index contributed by atoms with van der Waals surface area (Å²) in [5, 5.41) is 6.69. The van der Waals surface area contributed by atoms with Crippen LogP contribution in [0, 0.1) is 0 Å². The summed E-state index contributed by atoms with van der Waals surface area (Å²) in [5.74, 6) is -0.914. The van der Waals surface area contributed by atoms with E-state index in [-0.39, 0.29) is 23.6 Å². The first-order valence-electron chi connectivity index (χ1n) is 14.6. The number of hydrogen-bond donors (Lipinski definition) is 1. The molecule has 2 aliphatic heterocycles. The Hall–Kier alpha value is -4.40. The molecule has 0 saturated carbocycles. The molecule has 0 radical (unpaired) electrons. The maximum Gasteiger partial charge on any atom is 0.261 e. The summed E-state index contributed by atoms with van der Waals surface area (Å²) in [5.41, 5.74) is 2.36. The van der Waals surface area contributed by atoms with Crippen molar-refractivity contribution in [3.63, 3.8) is 0 Å². The van der Waals surface area contributed by atoms with Crippen molar-refractivity contribution < 1.29 is 19.2 Å². The number of likely N-dealkylation sites (N-methyl/N-ethyl adjacent to an activating group) is 1. The summed E-state index contributed by atoms with van der Waals surface area (Å²) in [4.78, 5) is 57.0. The van der Waals surface area contributed by atoms with Crippen LogP contribution in [0.3, 0.4) is 0 Å². The van der Waals surface area contributed by atoms with Gasteiger partial charge in [0.1, 0.15) is 0 Å². The lowest BCUT2D eigenvalue weighted by Gasteiger charge is -2.28. The number of rotatable bonds is 12. The molecule has 0 saturated heterocycles. The molecule has 2 aliphatic rings. The third-order valence-corrected chi connectivity index (χ3v) is 8.32. The van der Waals surface area contributed by atoms with Gasteiger partial charge in [-0.25, -0.2) is 0 Å². The quantitative estimate of drug-likeness (QED) is 0.201. The standard InChI is InChI=1S/C34H34N4O4/c1-36(21-22-38-33(41)27-15-7-11-24-12-8-16-28(30(24)27)34(38)42)19-4-2-3-17-35-18-20-37-31(39)25-13-5-9-23-10-6-14-26(29(23)25)32(37)40/h5-16,35H,2-4,17-22H2,1H3. The van der Waals surface area contributed by atoms with Gasteiger partial charge in [0.2, 0.25) is 0 Å². The minimum absolute atomic E-state index is 0.224. The highest BCUT2D eigenvalue weighted by Gasteiger charge is 2.33. The van der Waals surface area contributed by atoms with Crippen LogP contribution in [0.25, 0.3) is 21.5 Å². The Morgan fingerprint density at radius 1 is 0.548 bits per heavy atom. The maximum absolute atomic E-state index is 13.1. The predicted octanol–water partition coefficient (Wildman–Crippen LogP) is 4.58. The zero-order chi connectivity index (χ0) is 29.2. The van der Waals surface area contributed by atoms with Gasteiger partial charge in [0.15, 0.2) is 0 Å². The average molecular weight is 563 g/mol. The minimum Gasteiger partial charge on any atom is -0.315 e. The smallest absolute Gasteiger partial charge is 0.261 e. The minimum atomic E-state index is -0.233. The molecule has 4 amide bonds. The predicted molar refractivity (Wildman–Crippen MR) is 163 cm³/mol. The topological polar surface area (TPSA) is 90.0 Å². The molecule has 42 heavy (non-hydrogen) atoms. The SMILES string of the molecule is CN(CCCCCNCCN1C(=O)c2cccc3cccc(c23)C1=O)CCN1C(=O)c2cccc3cccc(c23)C1=O. The number of unbranched alkanes of at least 4 members (excludes halogenated alkanes) is 2. The Morgan fingerprint density at radius 2 is 1.00 bits per heavy atom. The van der Waals surface area contributed by atoms with Crippen molar-refractivity contribution in [1.29, 1.82) is 0 Å². The van der Waals surface area contributed by atoms with Crippen molar-refractivity contribution in [2.75, 3.05) is 46.3 Å². The van der Waals surface area contributed by atoms with Crippen LogP contribution < -0.4 is 5.32 Å². The molecule has 0 spiro atoms. The van der Waals surface area contributed by atoms with Crippen molar-refractivity contribution in [2.45, 2.75) is 19.3 Å². The number of carbonyl (C=O) groups excluding carboxylic acids is 4.